The number of nitrogens with two attached hydrogens (primary N) is 1. The largest absolute Gasteiger partial charge is 1.00 e. The van der Waals surface area contributed by atoms with Crippen LogP contribution in [0.15, 0.2) is 48.8 Å². The van der Waals surface area contributed by atoms with Crippen molar-refractivity contribution in [2.75, 3.05) is 0 Å². The zero-order valence-corrected chi connectivity index (χ0v) is 12.4. The molecule has 0 saturated carbocycles. The zero-order chi connectivity index (χ0) is 14.8. The van der Waals surface area contributed by atoms with E-state index in [1.807, 2.05) is 0 Å². The normalized spacial score (nSPS) is 10.8. The van der Waals surface area contributed by atoms with Gasteiger partial charge in [0.2, 0.25) is 0 Å². The number of benzene rings is 1. The van der Waals surface area contributed by atoms with Gasteiger partial charge in [0.15, 0.2) is 18.9 Å². The summed E-state index contributed by atoms with van der Waals surface area (Å²) >= 11 is 0. The SMILES string of the molecule is NC(=O)c1ccc[15n+](Cc2ccc(C(F)(F)F)cc2)c1.[Br-]. The lowest BCUT2D eigenvalue weighted by Gasteiger charge is -2.06. The lowest BCUT2D eigenvalue weighted by Crippen LogP contribution is -3.00. The second kappa shape index (κ2) is 6.71. The van der Waals surface area contributed by atoms with E-state index in [2.05, 4.69) is 0 Å². The van der Waals surface area contributed by atoms with Crippen molar-refractivity contribution in [1.29, 1.82) is 0 Å². The number of hydrogen-bond donors (Lipinski definition) is 1. The highest BCUT2D eigenvalue weighted by Crippen LogP contribution is 2.28. The number of carbonyl (C=O) groups is 1. The Balaban J connectivity index is 0.00000220. The molecule has 0 aliphatic heterocycles. The number of pyridine rings is 1. The minimum absolute atomic E-state index is 0. The van der Waals surface area contributed by atoms with Crippen LogP contribution in [0.25, 0.3) is 0 Å². The smallest absolute Gasteiger partial charge is 0.416 e. The summed E-state index contributed by atoms with van der Waals surface area (Å²) in [4.78, 5) is 11.0. The Morgan fingerprint density at radius 1 is 1.14 bits per heavy atom. The molecule has 112 valence electrons. The molecule has 0 unspecified atom stereocenters. The highest BCUT2D eigenvalue weighted by molar-refractivity contribution is 5.92. The molecule has 0 saturated heterocycles. The zero-order valence-electron chi connectivity index (χ0n) is 10.8. The number of nitrogens with zero attached hydrogens (tertiary/aromatic N) is 1. The molecule has 0 fully saturated rings. The third-order valence-corrected chi connectivity index (χ3v) is 2.79. The van der Waals surface area contributed by atoms with Crippen molar-refractivity contribution in [2.45, 2.75) is 12.7 Å². The van der Waals surface area contributed by atoms with Gasteiger partial charge < -0.3 is 22.7 Å². The number of rotatable bonds is 3. The summed E-state index contributed by atoms with van der Waals surface area (Å²) in [5, 5.41) is 0. The standard InChI is InChI=1S/C14H11F3N2O.BrH/c15-14(16,17)12-5-3-10(4-6-12)8-19-7-1-2-11(9-19)13(18)20;/h1-7,9H,8H2,(H-,18,20);1H/i19+1;. The topological polar surface area (TPSA) is 47.0 Å². The molecule has 0 aliphatic rings. The number of carbonyl (C=O) groups excluding carboxylic acids is 1. The van der Waals surface area contributed by atoms with E-state index in [4.69, 9.17) is 5.73 Å². The van der Waals surface area contributed by atoms with E-state index < -0.39 is 17.6 Å². The number of alkyl halides is 3. The fourth-order valence-corrected chi connectivity index (χ4v) is 1.78. The molecular formula is C14H12BrF3N2O. The van der Waals surface area contributed by atoms with Crippen LogP contribution in [0, 0.1) is 0 Å². The van der Waals surface area contributed by atoms with Crippen LogP contribution in [0.3, 0.4) is 0 Å². The van der Waals surface area contributed by atoms with E-state index in [1.165, 1.54) is 12.1 Å². The highest BCUT2D eigenvalue weighted by Gasteiger charge is 2.30. The van der Waals surface area contributed by atoms with Crippen molar-refractivity contribution in [3.05, 3.63) is 65.5 Å². The van der Waals surface area contributed by atoms with Gasteiger partial charge in [0.05, 0.1) is 5.56 Å². The Kier molecular flexibility index (Phi) is 5.48. The molecule has 2 N–H and O–H groups in total. The molecule has 3 nitrogen and oxygen atoms in total. The maximum Gasteiger partial charge on any atom is 0.416 e. The van der Waals surface area contributed by atoms with Crippen LogP contribution in [0.4, 0.5) is 13.2 Å². The van der Waals surface area contributed by atoms with Crippen LogP contribution < -0.4 is 27.3 Å². The lowest BCUT2D eigenvalue weighted by atomic mass is 10.1. The van der Waals surface area contributed by atoms with Crippen LogP contribution in [0.1, 0.15) is 21.5 Å². The summed E-state index contributed by atoms with van der Waals surface area (Å²) in [6, 6.07) is 8.12. The van der Waals surface area contributed by atoms with E-state index in [1.54, 1.807) is 29.1 Å². The van der Waals surface area contributed by atoms with E-state index in [-0.39, 0.29) is 17.0 Å². The van der Waals surface area contributed by atoms with E-state index in [0.717, 1.165) is 12.1 Å². The second-order valence-electron chi connectivity index (χ2n) is 4.32. The molecule has 1 aromatic carbocycles. The predicted molar refractivity (Wildman–Crippen MR) is 65.7 cm³/mol. The van der Waals surface area contributed by atoms with Gasteiger partial charge in [-0.2, -0.15) is 17.7 Å². The minimum Gasteiger partial charge on any atom is -1.00 e. The fraction of sp³-hybridized carbons (Fsp3) is 0.143. The molecule has 0 spiro atoms. The molecule has 2 rings (SSSR count). The fourth-order valence-electron chi connectivity index (χ4n) is 1.78. The van der Waals surface area contributed by atoms with Crippen molar-refractivity contribution in [2.24, 2.45) is 5.73 Å². The first-order valence-electron chi connectivity index (χ1n) is 5.81. The Morgan fingerprint density at radius 3 is 2.29 bits per heavy atom. The van der Waals surface area contributed by atoms with Gasteiger partial charge in [-0.1, -0.05) is 12.1 Å². The van der Waals surface area contributed by atoms with Crippen LogP contribution >= 0.6 is 0 Å². The van der Waals surface area contributed by atoms with Crippen LogP contribution in [0.2, 0.25) is 0 Å². The van der Waals surface area contributed by atoms with Crippen molar-refractivity contribution >= 4 is 5.91 Å². The first-order valence-corrected chi connectivity index (χ1v) is 5.81. The monoisotopic (exact) mass is 361 g/mol. The van der Waals surface area contributed by atoms with Crippen LogP contribution in [0.5, 0.6) is 0 Å². The molecule has 21 heavy (non-hydrogen) atoms. The van der Waals surface area contributed by atoms with E-state index in [0.29, 0.717) is 17.7 Å². The molecule has 0 radical (unpaired) electrons. The predicted octanol–water partition coefficient (Wildman–Crippen LogP) is -0.856. The highest BCUT2D eigenvalue weighted by atomic mass is 79.9. The maximum absolute atomic E-state index is 12.4. The Bertz CT molecular complexity index is 627. The number of aromatic nitrogens is 1. The lowest BCUT2D eigenvalue weighted by molar-refractivity contribution is -0.688. The van der Waals surface area contributed by atoms with Crippen LogP contribution in [-0.4, -0.2) is 5.91 Å². The second-order valence-corrected chi connectivity index (χ2v) is 4.32. The molecule has 1 aromatic heterocycles. The average Bonchev–Trinajstić information content (AvgIpc) is 2.38. The Hall–Kier alpha value is -1.89. The molecule has 1 amide bonds. The summed E-state index contributed by atoms with van der Waals surface area (Å²) in [5.74, 6) is -0.549. The van der Waals surface area contributed by atoms with Crippen LogP contribution in [-0.2, 0) is 12.7 Å². The number of halogens is 4. The Morgan fingerprint density at radius 2 is 1.76 bits per heavy atom. The van der Waals surface area contributed by atoms with E-state index in [9.17, 15) is 18.0 Å². The van der Waals surface area contributed by atoms with Crippen molar-refractivity contribution < 1.29 is 39.5 Å². The van der Waals surface area contributed by atoms with Crippen molar-refractivity contribution in [1.82, 2.24) is 0 Å². The van der Waals surface area contributed by atoms with Gasteiger partial charge in [0.1, 0.15) is 5.56 Å². The van der Waals surface area contributed by atoms with Gasteiger partial charge >= 0.3 is 6.18 Å². The molecule has 0 atom stereocenters. The van der Waals surface area contributed by atoms with Gasteiger partial charge in [-0.15, -0.1) is 0 Å². The molecule has 1 heterocycles. The molecule has 0 aliphatic carbocycles. The Labute approximate surface area is 130 Å². The summed E-state index contributed by atoms with van der Waals surface area (Å²) in [5.41, 5.74) is 5.53. The van der Waals surface area contributed by atoms with Gasteiger partial charge in [-0.25, -0.2) is 0 Å². The molecule has 7 heteroatoms. The average molecular weight is 362 g/mol. The summed E-state index contributed by atoms with van der Waals surface area (Å²) in [7, 11) is 0. The first kappa shape index (κ1) is 17.2. The summed E-state index contributed by atoms with van der Waals surface area (Å²) < 4.78 is 39.0. The summed E-state index contributed by atoms with van der Waals surface area (Å²) in [6.07, 6.45) is -1.07. The minimum atomic E-state index is -4.34. The molecule has 2 aromatic rings. The van der Waals surface area contributed by atoms with E-state index >= 15 is 0 Å². The number of amides is 1. The van der Waals surface area contributed by atoms with Gasteiger partial charge in [0, 0.05) is 11.6 Å². The van der Waals surface area contributed by atoms with Gasteiger partial charge in [-0.05, 0) is 18.2 Å². The summed E-state index contributed by atoms with van der Waals surface area (Å²) in [6.45, 7) is 0.360. The molecular weight excluding hydrogens is 350 g/mol. The van der Waals surface area contributed by atoms with Gasteiger partial charge in [0.25, 0.3) is 5.91 Å². The maximum atomic E-state index is 12.4. The van der Waals surface area contributed by atoms with Crippen molar-refractivity contribution in [3.8, 4) is 0 Å². The van der Waals surface area contributed by atoms with Crippen molar-refractivity contribution in [3.63, 3.8) is 0 Å². The third-order valence-electron chi connectivity index (χ3n) is 2.79. The first-order chi connectivity index (χ1) is 9.36. The number of primary amides is 1. The number of hydrogen-bond acceptors (Lipinski definition) is 1. The quantitative estimate of drug-likeness (QED) is 0.711. The third kappa shape index (κ3) is 4.56. The molecule has 0 bridgehead atoms. The van der Waals surface area contributed by atoms with Gasteiger partial charge in [-0.3, -0.25) is 4.79 Å².